The Hall–Kier alpha value is -1.20. The Morgan fingerprint density at radius 1 is 1.45 bits per heavy atom. The summed E-state index contributed by atoms with van der Waals surface area (Å²) in [4.78, 5) is 0. The molecule has 0 aliphatic carbocycles. The molecule has 1 N–H and O–H groups in total. The minimum Gasteiger partial charge on any atom is -0.493 e. The van der Waals surface area contributed by atoms with Crippen LogP contribution in [0.3, 0.4) is 0 Å². The SMILES string of the molecule is CCCn1cc(CNc2cc(Cl)cc(Br)c2OC)cn1. The number of ether oxygens (including phenoxy) is 1. The minimum absolute atomic E-state index is 0.654. The van der Waals surface area contributed by atoms with Gasteiger partial charge in [-0.05, 0) is 34.5 Å². The highest BCUT2D eigenvalue weighted by atomic mass is 79.9. The molecule has 0 saturated heterocycles. The van der Waals surface area contributed by atoms with E-state index in [2.05, 4.69) is 33.3 Å². The van der Waals surface area contributed by atoms with Gasteiger partial charge in [0.05, 0.1) is 23.5 Å². The Labute approximate surface area is 132 Å². The lowest BCUT2D eigenvalue weighted by atomic mass is 10.2. The molecule has 0 aliphatic heterocycles. The van der Waals surface area contributed by atoms with Crippen LogP contribution >= 0.6 is 27.5 Å². The average molecular weight is 359 g/mol. The molecule has 0 atom stereocenters. The first-order valence-electron chi connectivity index (χ1n) is 6.42. The molecule has 1 aromatic carbocycles. The van der Waals surface area contributed by atoms with Gasteiger partial charge < -0.3 is 10.1 Å². The fourth-order valence-electron chi connectivity index (χ4n) is 1.95. The molecule has 6 heteroatoms. The van der Waals surface area contributed by atoms with Crippen molar-refractivity contribution in [3.05, 3.63) is 39.6 Å². The largest absolute Gasteiger partial charge is 0.493 e. The third kappa shape index (κ3) is 3.67. The molecule has 0 aliphatic rings. The van der Waals surface area contributed by atoms with Crippen molar-refractivity contribution < 1.29 is 4.74 Å². The van der Waals surface area contributed by atoms with E-state index in [0.29, 0.717) is 11.6 Å². The molecule has 1 heterocycles. The van der Waals surface area contributed by atoms with Gasteiger partial charge in [0.2, 0.25) is 0 Å². The van der Waals surface area contributed by atoms with Gasteiger partial charge in [0.1, 0.15) is 0 Å². The number of nitrogens with one attached hydrogen (secondary N) is 1. The molecule has 108 valence electrons. The van der Waals surface area contributed by atoms with E-state index in [4.69, 9.17) is 16.3 Å². The first kappa shape index (κ1) is 15.2. The summed E-state index contributed by atoms with van der Waals surface area (Å²) < 4.78 is 8.15. The summed E-state index contributed by atoms with van der Waals surface area (Å²) in [6.45, 7) is 3.74. The van der Waals surface area contributed by atoms with E-state index in [9.17, 15) is 0 Å². The molecular formula is C14H17BrClN3O. The van der Waals surface area contributed by atoms with Gasteiger partial charge in [0, 0.05) is 29.9 Å². The van der Waals surface area contributed by atoms with Crippen molar-refractivity contribution in [3.8, 4) is 5.75 Å². The number of halogens is 2. The van der Waals surface area contributed by atoms with Crippen LogP contribution in [0.2, 0.25) is 5.02 Å². The molecule has 0 fully saturated rings. The zero-order valence-corrected chi connectivity index (χ0v) is 13.8. The smallest absolute Gasteiger partial charge is 0.156 e. The van der Waals surface area contributed by atoms with Gasteiger partial charge in [0.25, 0.3) is 0 Å². The van der Waals surface area contributed by atoms with Crippen LogP contribution in [-0.2, 0) is 13.1 Å². The summed E-state index contributed by atoms with van der Waals surface area (Å²) in [6.07, 6.45) is 4.99. The van der Waals surface area contributed by atoms with Gasteiger partial charge in [-0.3, -0.25) is 4.68 Å². The molecule has 0 saturated carbocycles. The van der Waals surface area contributed by atoms with Crippen molar-refractivity contribution in [2.24, 2.45) is 0 Å². The Morgan fingerprint density at radius 2 is 2.25 bits per heavy atom. The van der Waals surface area contributed by atoms with Gasteiger partial charge in [-0.15, -0.1) is 0 Å². The number of anilines is 1. The number of aromatic nitrogens is 2. The number of aryl methyl sites for hydroxylation is 1. The van der Waals surface area contributed by atoms with Crippen LogP contribution in [-0.4, -0.2) is 16.9 Å². The molecule has 0 amide bonds. The van der Waals surface area contributed by atoms with Crippen LogP contribution in [0.15, 0.2) is 29.0 Å². The normalized spacial score (nSPS) is 10.6. The third-order valence-electron chi connectivity index (χ3n) is 2.83. The van der Waals surface area contributed by atoms with Crippen LogP contribution in [0.25, 0.3) is 0 Å². The van der Waals surface area contributed by atoms with Crippen molar-refractivity contribution in [3.63, 3.8) is 0 Å². The maximum atomic E-state index is 6.06. The molecule has 4 nitrogen and oxygen atoms in total. The zero-order valence-electron chi connectivity index (χ0n) is 11.5. The molecule has 0 spiro atoms. The Balaban J connectivity index is 2.09. The van der Waals surface area contributed by atoms with E-state index >= 15 is 0 Å². The van der Waals surface area contributed by atoms with Crippen LogP contribution in [0.4, 0.5) is 5.69 Å². The minimum atomic E-state index is 0.654. The van der Waals surface area contributed by atoms with Crippen molar-refractivity contribution in [1.82, 2.24) is 9.78 Å². The summed E-state index contributed by atoms with van der Waals surface area (Å²) in [5, 5.41) is 8.29. The van der Waals surface area contributed by atoms with Gasteiger partial charge in [0.15, 0.2) is 5.75 Å². The van der Waals surface area contributed by atoms with Gasteiger partial charge in [-0.25, -0.2) is 0 Å². The average Bonchev–Trinajstić information content (AvgIpc) is 2.84. The van der Waals surface area contributed by atoms with Crippen molar-refractivity contribution >= 4 is 33.2 Å². The molecule has 1 aromatic heterocycles. The molecule has 20 heavy (non-hydrogen) atoms. The first-order valence-corrected chi connectivity index (χ1v) is 7.59. The lowest BCUT2D eigenvalue weighted by Crippen LogP contribution is -2.01. The Bertz CT molecular complexity index is 586. The van der Waals surface area contributed by atoms with Crippen LogP contribution in [0, 0.1) is 0 Å². The zero-order chi connectivity index (χ0) is 14.5. The Kier molecular flexibility index (Phi) is 5.31. The summed E-state index contributed by atoms with van der Waals surface area (Å²) in [6, 6.07) is 3.66. The van der Waals surface area contributed by atoms with E-state index in [1.807, 2.05) is 29.2 Å². The van der Waals surface area contributed by atoms with Crippen molar-refractivity contribution in [1.29, 1.82) is 0 Å². The van der Waals surface area contributed by atoms with Gasteiger partial charge >= 0.3 is 0 Å². The number of methoxy groups -OCH3 is 1. The van der Waals surface area contributed by atoms with Crippen molar-refractivity contribution in [2.75, 3.05) is 12.4 Å². The standard InChI is InChI=1S/C14H17BrClN3O/c1-3-4-19-9-10(8-18-19)7-17-13-6-11(16)5-12(15)14(13)20-2/h5-6,8-9,17H,3-4,7H2,1-2H3. The highest BCUT2D eigenvalue weighted by molar-refractivity contribution is 9.10. The number of hydrogen-bond acceptors (Lipinski definition) is 3. The summed E-state index contributed by atoms with van der Waals surface area (Å²) in [5.41, 5.74) is 1.98. The predicted molar refractivity (Wildman–Crippen MR) is 85.5 cm³/mol. The van der Waals surface area contributed by atoms with E-state index in [1.54, 1.807) is 7.11 Å². The predicted octanol–water partition coefficient (Wildman–Crippen LogP) is 4.33. The highest BCUT2D eigenvalue weighted by Gasteiger charge is 2.09. The molecule has 2 rings (SSSR count). The number of rotatable bonds is 6. The van der Waals surface area contributed by atoms with E-state index < -0.39 is 0 Å². The topological polar surface area (TPSA) is 39.1 Å². The summed E-state index contributed by atoms with van der Waals surface area (Å²) in [5.74, 6) is 0.746. The second-order valence-corrected chi connectivity index (χ2v) is 5.72. The molecule has 2 aromatic rings. The highest BCUT2D eigenvalue weighted by Crippen LogP contribution is 2.36. The maximum Gasteiger partial charge on any atom is 0.156 e. The monoisotopic (exact) mass is 357 g/mol. The van der Waals surface area contributed by atoms with Gasteiger partial charge in [-0.1, -0.05) is 18.5 Å². The third-order valence-corrected chi connectivity index (χ3v) is 3.64. The van der Waals surface area contributed by atoms with E-state index in [0.717, 1.165) is 34.4 Å². The molecule has 0 radical (unpaired) electrons. The molecular weight excluding hydrogens is 342 g/mol. The second kappa shape index (κ2) is 6.99. The van der Waals surface area contributed by atoms with Crippen LogP contribution < -0.4 is 10.1 Å². The molecule has 0 unspecified atom stereocenters. The number of hydrogen-bond donors (Lipinski definition) is 1. The molecule has 0 bridgehead atoms. The second-order valence-electron chi connectivity index (χ2n) is 4.43. The fourth-order valence-corrected chi connectivity index (χ4v) is 2.92. The van der Waals surface area contributed by atoms with Crippen molar-refractivity contribution in [2.45, 2.75) is 26.4 Å². The number of benzene rings is 1. The fraction of sp³-hybridized carbons (Fsp3) is 0.357. The quantitative estimate of drug-likeness (QED) is 0.835. The maximum absolute atomic E-state index is 6.06. The summed E-state index contributed by atoms with van der Waals surface area (Å²) in [7, 11) is 1.64. The lowest BCUT2D eigenvalue weighted by Gasteiger charge is -2.12. The lowest BCUT2D eigenvalue weighted by molar-refractivity contribution is 0.414. The summed E-state index contributed by atoms with van der Waals surface area (Å²) >= 11 is 9.51. The van der Waals surface area contributed by atoms with E-state index in [1.165, 1.54) is 0 Å². The van der Waals surface area contributed by atoms with Crippen LogP contribution in [0.1, 0.15) is 18.9 Å². The van der Waals surface area contributed by atoms with E-state index in [-0.39, 0.29) is 0 Å². The number of nitrogens with zero attached hydrogens (tertiary/aromatic N) is 2. The van der Waals surface area contributed by atoms with Gasteiger partial charge in [-0.2, -0.15) is 5.10 Å². The first-order chi connectivity index (χ1) is 9.63. The van der Waals surface area contributed by atoms with Crippen LogP contribution in [0.5, 0.6) is 5.75 Å². The Morgan fingerprint density at radius 3 is 2.95 bits per heavy atom.